The topological polar surface area (TPSA) is 38.0 Å². The zero-order valence-corrected chi connectivity index (χ0v) is 30.1. The van der Waals surface area contributed by atoms with Gasteiger partial charge in [-0.05, 0) is 127 Å². The second kappa shape index (κ2) is 12.6. The first-order chi connectivity index (χ1) is 26.6. The first kappa shape index (κ1) is 31.8. The van der Waals surface area contributed by atoms with Gasteiger partial charge < -0.3 is 11.1 Å². The number of nitrogen functional groups attached to an aromatic ring is 1. The Balaban J connectivity index is 0.000000218. The lowest BCUT2D eigenvalue weighted by Gasteiger charge is -2.30. The lowest BCUT2D eigenvalue weighted by Crippen LogP contribution is -2.25. The van der Waals surface area contributed by atoms with Gasteiger partial charge >= 0.3 is 0 Å². The average molecular weight is 691 g/mol. The molecule has 3 N–H and O–H groups in total. The molecule has 2 nitrogen and oxygen atoms in total. The normalized spacial score (nSPS) is 12.8. The highest BCUT2D eigenvalue weighted by atomic mass is 14.9. The molecule has 0 heterocycles. The Bertz CT molecular complexity index is 2840. The Hall–Kier alpha value is -6.90. The van der Waals surface area contributed by atoms with Crippen molar-refractivity contribution >= 4 is 38.6 Å². The minimum atomic E-state index is -0.338. The number of hydrogen-bond donors (Lipinski definition) is 2. The first-order valence-corrected chi connectivity index (χ1v) is 18.6. The summed E-state index contributed by atoms with van der Waals surface area (Å²) < 4.78 is 0. The van der Waals surface area contributed by atoms with Crippen LogP contribution in [0.5, 0.6) is 0 Å². The fraction of sp³-hybridized carbons (Fsp3) is 0.0385. The summed E-state index contributed by atoms with van der Waals surface area (Å²) in [7, 11) is 0. The van der Waals surface area contributed by atoms with Crippen molar-refractivity contribution in [2.24, 2.45) is 0 Å². The standard InChI is InChI=1S/C40H26.C12H12N2/c1-25-9-8-11-27(21-25)28-17-18-29-23-34-38(24-30(29)22-28)40(37-20-19-26-10-2-3-12-31(26)39(34)37)35-15-6-4-13-32(35)33-14-5-7-16-36(33)40;13-11-8-4-5-9-12(11)14-10-6-2-1-3-7-10/h2-24H,1H3;1-9,14H,13H2. The minimum Gasteiger partial charge on any atom is -0.397 e. The first-order valence-electron chi connectivity index (χ1n) is 18.6. The molecule has 2 aliphatic carbocycles. The fourth-order valence-corrected chi connectivity index (χ4v) is 8.94. The van der Waals surface area contributed by atoms with Gasteiger partial charge in [-0.3, -0.25) is 0 Å². The largest absolute Gasteiger partial charge is 0.397 e. The van der Waals surface area contributed by atoms with Gasteiger partial charge in [-0.1, -0.05) is 157 Å². The van der Waals surface area contributed by atoms with Gasteiger partial charge in [0.15, 0.2) is 0 Å². The second-order valence-corrected chi connectivity index (χ2v) is 14.5. The molecule has 54 heavy (non-hydrogen) atoms. The van der Waals surface area contributed by atoms with E-state index in [0.29, 0.717) is 0 Å². The number of aryl methyl sites for hydroxylation is 1. The van der Waals surface area contributed by atoms with Crippen LogP contribution < -0.4 is 11.1 Å². The van der Waals surface area contributed by atoms with Crippen LogP contribution in [0, 0.1) is 6.92 Å². The van der Waals surface area contributed by atoms with Gasteiger partial charge in [0.2, 0.25) is 0 Å². The molecule has 9 aromatic rings. The Labute approximate surface area is 316 Å². The van der Waals surface area contributed by atoms with Crippen LogP contribution in [0.15, 0.2) is 194 Å². The number of rotatable bonds is 3. The number of para-hydroxylation sites is 3. The molecule has 256 valence electrons. The van der Waals surface area contributed by atoms with Crippen molar-refractivity contribution in [3.05, 3.63) is 222 Å². The van der Waals surface area contributed by atoms with Gasteiger partial charge in [0, 0.05) is 5.69 Å². The molecule has 0 fully saturated rings. The summed E-state index contributed by atoms with van der Waals surface area (Å²) in [6.07, 6.45) is 0. The number of anilines is 3. The van der Waals surface area contributed by atoms with Crippen LogP contribution in [0.3, 0.4) is 0 Å². The van der Waals surface area contributed by atoms with Gasteiger partial charge in [0.05, 0.1) is 16.8 Å². The van der Waals surface area contributed by atoms with Crippen LogP contribution >= 0.6 is 0 Å². The molecule has 0 unspecified atom stereocenters. The van der Waals surface area contributed by atoms with E-state index < -0.39 is 0 Å². The van der Waals surface area contributed by atoms with E-state index in [2.05, 4.69) is 152 Å². The average Bonchev–Trinajstić information content (AvgIpc) is 3.68. The van der Waals surface area contributed by atoms with Crippen molar-refractivity contribution in [2.45, 2.75) is 12.3 Å². The fourth-order valence-electron chi connectivity index (χ4n) is 8.94. The SMILES string of the molecule is Cc1cccc(-c2ccc3cc4c(cc3c2)C2(c3ccccc3-c3ccccc32)c2ccc3ccccc3c2-4)c1.Nc1ccccc1Nc1ccccc1. The van der Waals surface area contributed by atoms with Crippen LogP contribution in [-0.4, -0.2) is 0 Å². The predicted octanol–water partition coefficient (Wildman–Crippen LogP) is 13.3. The van der Waals surface area contributed by atoms with E-state index in [1.165, 1.54) is 82.7 Å². The molecule has 0 amide bonds. The van der Waals surface area contributed by atoms with E-state index >= 15 is 0 Å². The molecule has 0 atom stereocenters. The summed E-state index contributed by atoms with van der Waals surface area (Å²) >= 11 is 0. The zero-order chi connectivity index (χ0) is 36.2. The second-order valence-electron chi connectivity index (χ2n) is 14.5. The maximum absolute atomic E-state index is 5.81. The molecule has 0 aromatic heterocycles. The van der Waals surface area contributed by atoms with Gasteiger partial charge in [0.25, 0.3) is 0 Å². The number of benzene rings is 9. The van der Waals surface area contributed by atoms with E-state index in [1.54, 1.807) is 0 Å². The summed E-state index contributed by atoms with van der Waals surface area (Å²) in [5, 5.41) is 8.44. The third kappa shape index (κ3) is 4.95. The highest BCUT2D eigenvalue weighted by molar-refractivity contribution is 6.08. The Morgan fingerprint density at radius 1 is 0.426 bits per heavy atom. The third-order valence-electron chi connectivity index (χ3n) is 11.3. The van der Waals surface area contributed by atoms with E-state index in [1.807, 2.05) is 54.6 Å². The molecule has 0 saturated heterocycles. The van der Waals surface area contributed by atoms with Crippen molar-refractivity contribution < 1.29 is 0 Å². The highest BCUT2D eigenvalue weighted by Gasteiger charge is 2.52. The van der Waals surface area contributed by atoms with Crippen LogP contribution in [0.4, 0.5) is 17.1 Å². The summed E-state index contributed by atoms with van der Waals surface area (Å²) in [5.74, 6) is 0. The van der Waals surface area contributed by atoms with Gasteiger partial charge in [0.1, 0.15) is 0 Å². The van der Waals surface area contributed by atoms with Crippen molar-refractivity contribution in [1.82, 2.24) is 0 Å². The van der Waals surface area contributed by atoms with Gasteiger partial charge in [-0.2, -0.15) is 0 Å². The monoisotopic (exact) mass is 690 g/mol. The molecule has 0 saturated carbocycles. The van der Waals surface area contributed by atoms with E-state index in [9.17, 15) is 0 Å². The quantitative estimate of drug-likeness (QED) is 0.181. The molecule has 0 bridgehead atoms. The van der Waals surface area contributed by atoms with Gasteiger partial charge in [-0.15, -0.1) is 0 Å². The molecule has 9 aromatic carbocycles. The highest BCUT2D eigenvalue weighted by Crippen LogP contribution is 2.64. The maximum atomic E-state index is 5.81. The summed E-state index contributed by atoms with van der Waals surface area (Å²) in [6, 6.07) is 70.1. The summed E-state index contributed by atoms with van der Waals surface area (Å²) in [5.41, 5.74) is 23.0. The molecule has 11 rings (SSSR count). The molecule has 2 aliphatic rings. The van der Waals surface area contributed by atoms with Crippen molar-refractivity contribution in [1.29, 1.82) is 0 Å². The lowest BCUT2D eigenvalue weighted by molar-refractivity contribution is 0.795. The van der Waals surface area contributed by atoms with Crippen LogP contribution in [0.2, 0.25) is 0 Å². The van der Waals surface area contributed by atoms with Gasteiger partial charge in [-0.25, -0.2) is 0 Å². The van der Waals surface area contributed by atoms with E-state index in [-0.39, 0.29) is 5.41 Å². The Morgan fingerprint density at radius 2 is 1.09 bits per heavy atom. The molecular formula is C52H38N2. The molecule has 0 radical (unpaired) electrons. The number of nitrogens with one attached hydrogen (secondary N) is 1. The number of hydrogen-bond acceptors (Lipinski definition) is 2. The number of nitrogens with two attached hydrogens (primary N) is 1. The minimum absolute atomic E-state index is 0.338. The van der Waals surface area contributed by atoms with E-state index in [0.717, 1.165) is 17.1 Å². The summed E-state index contributed by atoms with van der Waals surface area (Å²) in [4.78, 5) is 0. The Kier molecular flexibility index (Phi) is 7.45. The van der Waals surface area contributed by atoms with Crippen molar-refractivity contribution in [2.75, 3.05) is 11.1 Å². The molecule has 2 heteroatoms. The maximum Gasteiger partial charge on any atom is 0.0725 e. The summed E-state index contributed by atoms with van der Waals surface area (Å²) in [6.45, 7) is 2.16. The molecular weight excluding hydrogens is 653 g/mol. The molecule has 1 spiro atoms. The smallest absolute Gasteiger partial charge is 0.0725 e. The van der Waals surface area contributed by atoms with E-state index in [4.69, 9.17) is 5.73 Å². The van der Waals surface area contributed by atoms with Crippen LogP contribution in [-0.2, 0) is 5.41 Å². The van der Waals surface area contributed by atoms with Crippen LogP contribution in [0.1, 0.15) is 27.8 Å². The van der Waals surface area contributed by atoms with Crippen LogP contribution in [0.25, 0.3) is 54.9 Å². The zero-order valence-electron chi connectivity index (χ0n) is 30.1. The predicted molar refractivity (Wildman–Crippen MR) is 229 cm³/mol. The molecule has 0 aliphatic heterocycles. The van der Waals surface area contributed by atoms with Crippen molar-refractivity contribution in [3.63, 3.8) is 0 Å². The third-order valence-corrected chi connectivity index (χ3v) is 11.3. The van der Waals surface area contributed by atoms with Crippen molar-refractivity contribution in [3.8, 4) is 33.4 Å². The Morgan fingerprint density at radius 3 is 1.87 bits per heavy atom. The number of fused-ring (bicyclic) bond motifs is 13. The lowest BCUT2D eigenvalue weighted by atomic mass is 9.70.